The van der Waals surface area contributed by atoms with Gasteiger partial charge in [0, 0.05) is 12.5 Å². The molecule has 2 heterocycles. The third-order valence-corrected chi connectivity index (χ3v) is 2.51. The first-order valence-electron chi connectivity index (χ1n) is 5.11. The summed E-state index contributed by atoms with van der Waals surface area (Å²) >= 11 is 0. The van der Waals surface area contributed by atoms with Crippen LogP contribution in [0.3, 0.4) is 0 Å². The Bertz CT molecular complexity index is 591. The van der Waals surface area contributed by atoms with Crippen molar-refractivity contribution in [3.8, 4) is 11.5 Å². The number of rotatable bonds is 0. The summed E-state index contributed by atoms with van der Waals surface area (Å²) in [6, 6.07) is 3.42. The second kappa shape index (κ2) is 3.52. The molecule has 3 rings (SSSR count). The van der Waals surface area contributed by atoms with Crippen LogP contribution in [0.4, 0.5) is 0 Å². The zero-order valence-electron chi connectivity index (χ0n) is 8.53. The van der Waals surface area contributed by atoms with Crippen LogP contribution >= 0.6 is 0 Å². The van der Waals surface area contributed by atoms with Crippen molar-refractivity contribution in [2.45, 2.75) is 6.42 Å². The predicted molar refractivity (Wildman–Crippen MR) is 58.0 cm³/mol. The van der Waals surface area contributed by atoms with Gasteiger partial charge in [0.05, 0.1) is 30.4 Å². The first-order valence-corrected chi connectivity index (χ1v) is 5.11. The van der Waals surface area contributed by atoms with Crippen LogP contribution in [-0.4, -0.2) is 23.2 Å². The third-order valence-electron chi connectivity index (χ3n) is 2.51. The molecule has 82 valence electrons. The SMILES string of the molecule is O=c1[nH]cnc2cc3c(cc12)OCCCO3. The molecule has 5 nitrogen and oxygen atoms in total. The van der Waals surface area contributed by atoms with Crippen molar-refractivity contribution in [3.05, 3.63) is 28.8 Å². The highest BCUT2D eigenvalue weighted by atomic mass is 16.5. The highest BCUT2D eigenvalue weighted by molar-refractivity contribution is 5.81. The Morgan fingerprint density at radius 3 is 2.75 bits per heavy atom. The second-order valence-electron chi connectivity index (χ2n) is 3.60. The molecule has 0 radical (unpaired) electrons. The smallest absolute Gasteiger partial charge is 0.258 e. The summed E-state index contributed by atoms with van der Waals surface area (Å²) in [5.74, 6) is 1.27. The number of hydrogen-bond acceptors (Lipinski definition) is 4. The van der Waals surface area contributed by atoms with Gasteiger partial charge < -0.3 is 14.5 Å². The molecule has 1 aliphatic rings. The fourth-order valence-corrected chi connectivity index (χ4v) is 1.72. The lowest BCUT2D eigenvalue weighted by Gasteiger charge is -2.07. The van der Waals surface area contributed by atoms with Gasteiger partial charge in [-0.3, -0.25) is 4.79 Å². The molecule has 0 spiro atoms. The summed E-state index contributed by atoms with van der Waals surface area (Å²) in [6.45, 7) is 1.23. The monoisotopic (exact) mass is 218 g/mol. The summed E-state index contributed by atoms with van der Waals surface area (Å²) in [5, 5.41) is 0.520. The lowest BCUT2D eigenvalue weighted by atomic mass is 10.2. The number of hydrogen-bond donors (Lipinski definition) is 1. The number of fused-ring (bicyclic) bond motifs is 2. The lowest BCUT2D eigenvalue weighted by Crippen LogP contribution is -2.06. The molecular formula is C11H10N2O3. The number of nitrogens with one attached hydrogen (secondary N) is 1. The van der Waals surface area contributed by atoms with Crippen molar-refractivity contribution in [2.75, 3.05) is 13.2 Å². The number of benzene rings is 1. The molecular weight excluding hydrogens is 208 g/mol. The number of ether oxygens (including phenoxy) is 2. The molecule has 1 aromatic carbocycles. The van der Waals surface area contributed by atoms with E-state index in [9.17, 15) is 4.79 Å². The number of nitrogens with zero attached hydrogens (tertiary/aromatic N) is 1. The van der Waals surface area contributed by atoms with Gasteiger partial charge in [-0.05, 0) is 6.07 Å². The van der Waals surface area contributed by atoms with Gasteiger partial charge in [0.1, 0.15) is 0 Å². The number of H-pyrrole nitrogens is 1. The Hall–Kier alpha value is -2.04. The lowest BCUT2D eigenvalue weighted by molar-refractivity contribution is 0.297. The van der Waals surface area contributed by atoms with Crippen LogP contribution in [0.2, 0.25) is 0 Å². The molecule has 0 atom stereocenters. The maximum absolute atomic E-state index is 11.6. The molecule has 0 aliphatic carbocycles. The fraction of sp³-hybridized carbons (Fsp3) is 0.273. The Morgan fingerprint density at radius 1 is 1.19 bits per heavy atom. The van der Waals surface area contributed by atoms with Gasteiger partial charge in [-0.15, -0.1) is 0 Å². The van der Waals surface area contributed by atoms with Crippen LogP contribution < -0.4 is 15.0 Å². The average molecular weight is 218 g/mol. The van der Waals surface area contributed by atoms with E-state index in [0.717, 1.165) is 6.42 Å². The van der Waals surface area contributed by atoms with Crippen molar-refractivity contribution >= 4 is 10.9 Å². The Balaban J connectivity index is 2.28. The van der Waals surface area contributed by atoms with Crippen LogP contribution in [0.25, 0.3) is 10.9 Å². The largest absolute Gasteiger partial charge is 0.490 e. The molecule has 1 N–H and O–H groups in total. The highest BCUT2D eigenvalue weighted by Crippen LogP contribution is 2.32. The molecule has 5 heteroatoms. The molecule has 16 heavy (non-hydrogen) atoms. The van der Waals surface area contributed by atoms with E-state index in [1.54, 1.807) is 12.1 Å². The Labute approximate surface area is 91.0 Å². The van der Waals surface area contributed by atoms with Crippen LogP contribution in [0.15, 0.2) is 23.3 Å². The van der Waals surface area contributed by atoms with E-state index >= 15 is 0 Å². The van der Waals surface area contributed by atoms with Gasteiger partial charge in [0.15, 0.2) is 11.5 Å². The standard InChI is InChI=1S/C11H10N2O3/c14-11-7-4-9-10(16-3-1-2-15-9)5-8(7)12-6-13-11/h4-6H,1-3H2,(H,12,13,14). The van der Waals surface area contributed by atoms with E-state index < -0.39 is 0 Å². The minimum atomic E-state index is -0.166. The number of aromatic nitrogens is 2. The summed E-state index contributed by atoms with van der Waals surface area (Å²) < 4.78 is 11.0. The van der Waals surface area contributed by atoms with Crippen molar-refractivity contribution in [1.82, 2.24) is 9.97 Å². The first kappa shape index (κ1) is 9.21. The molecule has 1 aromatic heterocycles. The maximum atomic E-state index is 11.6. The molecule has 0 unspecified atom stereocenters. The van der Waals surface area contributed by atoms with Crippen molar-refractivity contribution < 1.29 is 9.47 Å². The van der Waals surface area contributed by atoms with Crippen molar-refractivity contribution in [3.63, 3.8) is 0 Å². The quantitative estimate of drug-likeness (QED) is 0.718. The minimum absolute atomic E-state index is 0.166. The molecule has 0 fully saturated rings. The van der Waals surface area contributed by atoms with Gasteiger partial charge in [-0.2, -0.15) is 0 Å². The molecule has 0 amide bonds. The Morgan fingerprint density at radius 2 is 1.94 bits per heavy atom. The first-order chi connectivity index (χ1) is 7.84. The van der Waals surface area contributed by atoms with Gasteiger partial charge in [0.25, 0.3) is 5.56 Å². The fourth-order valence-electron chi connectivity index (χ4n) is 1.72. The topological polar surface area (TPSA) is 64.2 Å². The maximum Gasteiger partial charge on any atom is 0.258 e. The van der Waals surface area contributed by atoms with Crippen LogP contribution in [0.5, 0.6) is 11.5 Å². The molecule has 0 saturated carbocycles. The van der Waals surface area contributed by atoms with Crippen molar-refractivity contribution in [2.24, 2.45) is 0 Å². The van der Waals surface area contributed by atoms with E-state index in [1.807, 2.05) is 0 Å². The minimum Gasteiger partial charge on any atom is -0.490 e. The third kappa shape index (κ3) is 1.41. The molecule has 1 aliphatic heterocycles. The van der Waals surface area contributed by atoms with Gasteiger partial charge in [-0.1, -0.05) is 0 Å². The second-order valence-corrected chi connectivity index (χ2v) is 3.60. The van der Waals surface area contributed by atoms with E-state index in [-0.39, 0.29) is 5.56 Å². The van der Waals surface area contributed by atoms with Crippen LogP contribution in [0, 0.1) is 0 Å². The summed E-state index contributed by atoms with van der Waals surface area (Å²) in [6.07, 6.45) is 2.23. The normalized spacial score (nSPS) is 14.8. The van der Waals surface area contributed by atoms with Gasteiger partial charge >= 0.3 is 0 Å². The Kier molecular flexibility index (Phi) is 2.02. The number of aromatic amines is 1. The van der Waals surface area contributed by atoms with Gasteiger partial charge in [-0.25, -0.2) is 4.98 Å². The summed E-state index contributed by atoms with van der Waals surface area (Å²) in [4.78, 5) is 18.2. The molecule has 0 saturated heterocycles. The van der Waals surface area contributed by atoms with Crippen LogP contribution in [0.1, 0.15) is 6.42 Å². The zero-order valence-corrected chi connectivity index (χ0v) is 8.53. The van der Waals surface area contributed by atoms with E-state index in [2.05, 4.69) is 9.97 Å². The highest BCUT2D eigenvalue weighted by Gasteiger charge is 2.13. The predicted octanol–water partition coefficient (Wildman–Crippen LogP) is 1.08. The van der Waals surface area contributed by atoms with E-state index in [1.165, 1.54) is 6.33 Å². The van der Waals surface area contributed by atoms with E-state index in [0.29, 0.717) is 35.6 Å². The molecule has 0 bridgehead atoms. The average Bonchev–Trinajstić information content (AvgIpc) is 2.52. The van der Waals surface area contributed by atoms with Crippen LogP contribution in [-0.2, 0) is 0 Å². The molecule has 2 aromatic rings. The zero-order chi connectivity index (χ0) is 11.0. The van der Waals surface area contributed by atoms with E-state index in [4.69, 9.17) is 9.47 Å². The van der Waals surface area contributed by atoms with Gasteiger partial charge in [0.2, 0.25) is 0 Å². The van der Waals surface area contributed by atoms with Crippen molar-refractivity contribution in [1.29, 1.82) is 0 Å². The summed E-state index contributed by atoms with van der Waals surface area (Å²) in [7, 11) is 0. The summed E-state index contributed by atoms with van der Waals surface area (Å²) in [5.41, 5.74) is 0.452.